The SMILES string of the molecule is CC(C)C1c2cc(OCc3ccccc3)c(OCc3ccccc3)cc2CCN1Cc1ccccc1. The lowest BCUT2D eigenvalue weighted by atomic mass is 9.85. The normalized spacial score (nSPS) is 15.5. The lowest BCUT2D eigenvalue weighted by Crippen LogP contribution is -2.37. The number of benzene rings is 4. The monoisotopic (exact) mass is 477 g/mol. The fourth-order valence-corrected chi connectivity index (χ4v) is 5.18. The molecule has 0 fully saturated rings. The van der Waals surface area contributed by atoms with Gasteiger partial charge in [0.15, 0.2) is 11.5 Å². The molecule has 1 aliphatic heterocycles. The summed E-state index contributed by atoms with van der Waals surface area (Å²) in [5, 5.41) is 0. The summed E-state index contributed by atoms with van der Waals surface area (Å²) in [5.74, 6) is 2.12. The average Bonchev–Trinajstić information content (AvgIpc) is 2.92. The molecule has 0 saturated heterocycles. The van der Waals surface area contributed by atoms with Gasteiger partial charge in [-0.15, -0.1) is 0 Å². The third-order valence-corrected chi connectivity index (χ3v) is 6.92. The predicted molar refractivity (Wildman–Crippen MR) is 146 cm³/mol. The maximum Gasteiger partial charge on any atom is 0.162 e. The number of fused-ring (bicyclic) bond motifs is 1. The summed E-state index contributed by atoms with van der Waals surface area (Å²) in [7, 11) is 0. The second-order valence-corrected chi connectivity index (χ2v) is 9.94. The van der Waals surface area contributed by atoms with Crippen molar-refractivity contribution in [3.05, 3.63) is 131 Å². The number of ether oxygens (including phenoxy) is 2. The van der Waals surface area contributed by atoms with E-state index in [0.717, 1.165) is 42.1 Å². The van der Waals surface area contributed by atoms with E-state index in [2.05, 4.69) is 97.6 Å². The van der Waals surface area contributed by atoms with Gasteiger partial charge in [0.2, 0.25) is 0 Å². The van der Waals surface area contributed by atoms with Crippen LogP contribution in [0.3, 0.4) is 0 Å². The molecule has 0 bridgehead atoms. The third kappa shape index (κ3) is 5.80. The molecule has 0 aliphatic carbocycles. The van der Waals surface area contributed by atoms with Crippen LogP contribution in [0, 0.1) is 5.92 Å². The van der Waals surface area contributed by atoms with Gasteiger partial charge in [-0.2, -0.15) is 0 Å². The van der Waals surface area contributed by atoms with Crippen molar-refractivity contribution in [3.63, 3.8) is 0 Å². The summed E-state index contributed by atoms with van der Waals surface area (Å²) >= 11 is 0. The smallest absolute Gasteiger partial charge is 0.162 e. The number of hydrogen-bond donors (Lipinski definition) is 0. The molecule has 1 aliphatic rings. The van der Waals surface area contributed by atoms with Crippen molar-refractivity contribution in [2.75, 3.05) is 6.54 Å². The largest absolute Gasteiger partial charge is 0.485 e. The summed E-state index contributed by atoms with van der Waals surface area (Å²) in [6, 6.07) is 36.3. The Morgan fingerprint density at radius 3 is 1.72 bits per heavy atom. The van der Waals surface area contributed by atoms with Gasteiger partial charge in [-0.25, -0.2) is 0 Å². The highest BCUT2D eigenvalue weighted by Crippen LogP contribution is 2.42. The van der Waals surface area contributed by atoms with Crippen molar-refractivity contribution in [1.82, 2.24) is 4.90 Å². The van der Waals surface area contributed by atoms with Gasteiger partial charge in [0, 0.05) is 19.1 Å². The minimum Gasteiger partial charge on any atom is -0.485 e. The molecule has 0 aromatic heterocycles. The molecule has 0 amide bonds. The molecule has 184 valence electrons. The third-order valence-electron chi connectivity index (χ3n) is 6.92. The lowest BCUT2D eigenvalue weighted by Gasteiger charge is -2.40. The molecule has 4 aromatic carbocycles. The Morgan fingerprint density at radius 1 is 0.694 bits per heavy atom. The molecule has 36 heavy (non-hydrogen) atoms. The zero-order chi connectivity index (χ0) is 24.7. The van der Waals surface area contributed by atoms with Crippen LogP contribution in [0.4, 0.5) is 0 Å². The molecule has 1 heterocycles. The van der Waals surface area contributed by atoms with Crippen LogP contribution in [0.25, 0.3) is 0 Å². The quantitative estimate of drug-likeness (QED) is 0.248. The molecule has 0 spiro atoms. The Hall–Kier alpha value is -3.56. The summed E-state index contributed by atoms with van der Waals surface area (Å²) < 4.78 is 12.8. The summed E-state index contributed by atoms with van der Waals surface area (Å²) in [4.78, 5) is 2.62. The van der Waals surface area contributed by atoms with E-state index in [1.54, 1.807) is 0 Å². The van der Waals surface area contributed by atoms with E-state index in [4.69, 9.17) is 9.47 Å². The molecule has 0 radical (unpaired) electrons. The highest BCUT2D eigenvalue weighted by atomic mass is 16.5. The van der Waals surface area contributed by atoms with Gasteiger partial charge in [-0.1, -0.05) is 105 Å². The van der Waals surface area contributed by atoms with Crippen LogP contribution < -0.4 is 9.47 Å². The van der Waals surface area contributed by atoms with E-state index in [-0.39, 0.29) is 0 Å². The Kier molecular flexibility index (Phi) is 7.68. The molecule has 5 rings (SSSR count). The van der Waals surface area contributed by atoms with Gasteiger partial charge >= 0.3 is 0 Å². The van der Waals surface area contributed by atoms with Crippen molar-refractivity contribution in [3.8, 4) is 11.5 Å². The van der Waals surface area contributed by atoms with E-state index in [9.17, 15) is 0 Å². The molecule has 1 unspecified atom stereocenters. The number of hydrogen-bond acceptors (Lipinski definition) is 3. The van der Waals surface area contributed by atoms with Crippen molar-refractivity contribution in [1.29, 1.82) is 0 Å². The van der Waals surface area contributed by atoms with Gasteiger partial charge in [0.25, 0.3) is 0 Å². The number of nitrogens with zero attached hydrogens (tertiary/aromatic N) is 1. The van der Waals surface area contributed by atoms with Crippen LogP contribution in [-0.4, -0.2) is 11.4 Å². The van der Waals surface area contributed by atoms with Crippen LogP contribution in [-0.2, 0) is 26.2 Å². The minimum absolute atomic E-state index is 0.330. The summed E-state index contributed by atoms with van der Waals surface area (Å²) in [5.41, 5.74) is 6.39. The number of rotatable bonds is 9. The summed E-state index contributed by atoms with van der Waals surface area (Å²) in [6.07, 6.45) is 1.01. The Bertz CT molecular complexity index is 1240. The molecular weight excluding hydrogens is 442 g/mol. The van der Waals surface area contributed by atoms with Gasteiger partial charge in [0.1, 0.15) is 13.2 Å². The van der Waals surface area contributed by atoms with Gasteiger partial charge < -0.3 is 9.47 Å². The van der Waals surface area contributed by atoms with Crippen LogP contribution in [0.15, 0.2) is 103 Å². The lowest BCUT2D eigenvalue weighted by molar-refractivity contribution is 0.134. The molecule has 0 saturated carbocycles. The van der Waals surface area contributed by atoms with E-state index in [0.29, 0.717) is 25.2 Å². The van der Waals surface area contributed by atoms with Gasteiger partial charge in [-0.05, 0) is 52.3 Å². The molecule has 4 aromatic rings. The fourth-order valence-electron chi connectivity index (χ4n) is 5.18. The minimum atomic E-state index is 0.330. The second kappa shape index (κ2) is 11.5. The van der Waals surface area contributed by atoms with Crippen LogP contribution in [0.2, 0.25) is 0 Å². The first-order chi connectivity index (χ1) is 17.7. The van der Waals surface area contributed by atoms with Crippen molar-refractivity contribution >= 4 is 0 Å². The highest BCUT2D eigenvalue weighted by Gasteiger charge is 2.31. The molecule has 3 heteroatoms. The Balaban J connectivity index is 1.45. The first-order valence-corrected chi connectivity index (χ1v) is 13.0. The fraction of sp³-hybridized carbons (Fsp3) is 0.273. The van der Waals surface area contributed by atoms with Gasteiger partial charge in [-0.3, -0.25) is 4.90 Å². The average molecular weight is 478 g/mol. The van der Waals surface area contributed by atoms with E-state index in [1.807, 2.05) is 24.3 Å². The zero-order valence-corrected chi connectivity index (χ0v) is 21.3. The summed E-state index contributed by atoms with van der Waals surface area (Å²) in [6.45, 7) is 7.67. The standard InChI is InChI=1S/C33H35NO2/c1-25(2)33-30-21-32(36-24-28-16-10-5-11-17-28)31(35-23-27-14-8-4-9-15-27)20-29(30)18-19-34(33)22-26-12-6-3-7-13-26/h3-17,20-21,25,33H,18-19,22-24H2,1-2H3. The second-order valence-electron chi connectivity index (χ2n) is 9.94. The molecular formula is C33H35NO2. The van der Waals surface area contributed by atoms with Crippen LogP contribution in [0.1, 0.15) is 47.7 Å². The Morgan fingerprint density at radius 2 is 1.19 bits per heavy atom. The van der Waals surface area contributed by atoms with E-state index < -0.39 is 0 Å². The Labute approximate surface area is 215 Å². The van der Waals surface area contributed by atoms with Gasteiger partial charge in [0.05, 0.1) is 0 Å². The van der Waals surface area contributed by atoms with E-state index >= 15 is 0 Å². The topological polar surface area (TPSA) is 21.7 Å². The zero-order valence-electron chi connectivity index (χ0n) is 21.3. The van der Waals surface area contributed by atoms with Crippen molar-refractivity contribution < 1.29 is 9.47 Å². The van der Waals surface area contributed by atoms with E-state index in [1.165, 1.54) is 16.7 Å². The van der Waals surface area contributed by atoms with Crippen molar-refractivity contribution in [2.24, 2.45) is 5.92 Å². The van der Waals surface area contributed by atoms with Crippen LogP contribution >= 0.6 is 0 Å². The maximum atomic E-state index is 6.42. The van der Waals surface area contributed by atoms with Crippen LogP contribution in [0.5, 0.6) is 11.5 Å². The maximum absolute atomic E-state index is 6.42. The highest BCUT2D eigenvalue weighted by molar-refractivity contribution is 5.50. The van der Waals surface area contributed by atoms with Crippen molar-refractivity contribution in [2.45, 2.75) is 46.1 Å². The molecule has 3 nitrogen and oxygen atoms in total. The first-order valence-electron chi connectivity index (χ1n) is 13.0. The molecule has 0 N–H and O–H groups in total. The first kappa shape index (κ1) is 24.1. The molecule has 1 atom stereocenters. The predicted octanol–water partition coefficient (Wildman–Crippen LogP) is 7.60.